The average molecular weight is 236 g/mol. The molecule has 3 nitrogen and oxygen atoms in total. The number of aromatic nitrogens is 1. The Balaban J connectivity index is 2.26. The van der Waals surface area contributed by atoms with Crippen molar-refractivity contribution in [1.29, 1.82) is 0 Å². The van der Waals surface area contributed by atoms with Crippen LogP contribution in [-0.2, 0) is 0 Å². The van der Waals surface area contributed by atoms with Crippen molar-refractivity contribution in [2.75, 3.05) is 12.4 Å². The van der Waals surface area contributed by atoms with Gasteiger partial charge in [-0.05, 0) is 10.8 Å². The molecule has 18 heavy (non-hydrogen) atoms. The molecule has 0 saturated carbocycles. The van der Waals surface area contributed by atoms with Gasteiger partial charge < -0.3 is 9.73 Å². The summed E-state index contributed by atoms with van der Waals surface area (Å²) >= 11 is 0. The zero-order chi connectivity index (χ0) is 12.5. The van der Waals surface area contributed by atoms with Crippen LogP contribution in [-0.4, -0.2) is 19.9 Å². The molecule has 1 heterocycles. The van der Waals surface area contributed by atoms with Crippen LogP contribution in [0.1, 0.15) is 0 Å². The van der Waals surface area contributed by atoms with Gasteiger partial charge in [-0.15, -0.1) is 0 Å². The molecule has 0 saturated heterocycles. The molecule has 1 aromatic heterocycles. The van der Waals surface area contributed by atoms with Crippen LogP contribution >= 0.6 is 0 Å². The lowest BCUT2D eigenvalue weighted by Gasteiger charge is -2.05. The van der Waals surface area contributed by atoms with Crippen LogP contribution in [0.25, 0.3) is 22.0 Å². The SMILES string of the molecule is Bc1cccc2c(-c3coc(NC)n3)cccc12. The lowest BCUT2D eigenvalue weighted by atomic mass is 9.88. The topological polar surface area (TPSA) is 38.1 Å². The molecule has 3 aromatic rings. The molecule has 4 heteroatoms. The van der Waals surface area contributed by atoms with Crippen molar-refractivity contribution in [3.8, 4) is 11.3 Å². The number of nitrogens with one attached hydrogen (secondary N) is 1. The van der Waals surface area contributed by atoms with Gasteiger partial charge in [-0.1, -0.05) is 41.9 Å². The molecular formula is C14H13BN2O. The van der Waals surface area contributed by atoms with Crippen molar-refractivity contribution in [2.45, 2.75) is 0 Å². The Kier molecular flexibility index (Phi) is 2.56. The summed E-state index contributed by atoms with van der Waals surface area (Å²) in [6.45, 7) is 0. The summed E-state index contributed by atoms with van der Waals surface area (Å²) in [4.78, 5) is 4.40. The molecule has 1 N–H and O–H groups in total. The number of hydrogen-bond donors (Lipinski definition) is 1. The first kappa shape index (κ1) is 10.9. The quantitative estimate of drug-likeness (QED) is 0.689. The smallest absolute Gasteiger partial charge is 0.294 e. The zero-order valence-electron chi connectivity index (χ0n) is 10.4. The minimum Gasteiger partial charge on any atom is -0.432 e. The molecule has 0 aliphatic rings. The maximum absolute atomic E-state index is 5.33. The standard InChI is InChI=1S/C14H13BN2O/c1-16-14-17-13(8-18-14)11-6-2-5-10-9(11)4-3-7-12(10)15/h2-8H,15H2,1H3,(H,16,17). The number of fused-ring (bicyclic) bond motifs is 1. The highest BCUT2D eigenvalue weighted by Gasteiger charge is 2.09. The van der Waals surface area contributed by atoms with Crippen molar-refractivity contribution >= 4 is 30.1 Å². The highest BCUT2D eigenvalue weighted by atomic mass is 16.4. The third-order valence-electron chi connectivity index (χ3n) is 3.13. The molecule has 3 rings (SSSR count). The Bertz CT molecular complexity index is 706. The van der Waals surface area contributed by atoms with E-state index in [1.807, 2.05) is 0 Å². The summed E-state index contributed by atoms with van der Waals surface area (Å²) in [5.41, 5.74) is 3.23. The fourth-order valence-corrected chi connectivity index (χ4v) is 2.20. The van der Waals surface area contributed by atoms with Crippen LogP contribution in [0.15, 0.2) is 47.1 Å². The van der Waals surface area contributed by atoms with Gasteiger partial charge in [0.2, 0.25) is 0 Å². The fourth-order valence-electron chi connectivity index (χ4n) is 2.20. The predicted molar refractivity (Wildman–Crippen MR) is 77.2 cm³/mol. The average Bonchev–Trinajstić information content (AvgIpc) is 2.87. The molecular weight excluding hydrogens is 223 g/mol. The van der Waals surface area contributed by atoms with Gasteiger partial charge in [0.1, 0.15) is 19.8 Å². The van der Waals surface area contributed by atoms with Gasteiger partial charge in [0.15, 0.2) is 0 Å². The molecule has 0 radical (unpaired) electrons. The Morgan fingerprint density at radius 3 is 2.67 bits per heavy atom. The summed E-state index contributed by atoms with van der Waals surface area (Å²) in [5.74, 6) is 0. The Morgan fingerprint density at radius 2 is 1.89 bits per heavy atom. The Labute approximate surface area is 106 Å². The molecule has 0 spiro atoms. The first-order valence-corrected chi connectivity index (χ1v) is 5.91. The molecule has 0 unspecified atom stereocenters. The summed E-state index contributed by atoms with van der Waals surface area (Å²) in [6, 6.07) is 13.1. The predicted octanol–water partition coefficient (Wildman–Crippen LogP) is 1.79. The van der Waals surface area contributed by atoms with Crippen LogP contribution < -0.4 is 10.8 Å². The van der Waals surface area contributed by atoms with Gasteiger partial charge in [-0.3, -0.25) is 0 Å². The van der Waals surface area contributed by atoms with Crippen molar-refractivity contribution in [1.82, 2.24) is 4.98 Å². The van der Waals surface area contributed by atoms with E-state index in [1.165, 1.54) is 16.2 Å². The number of benzene rings is 2. The number of oxazole rings is 1. The third kappa shape index (κ3) is 1.66. The summed E-state index contributed by atoms with van der Waals surface area (Å²) in [6.07, 6.45) is 1.68. The largest absolute Gasteiger partial charge is 0.432 e. The van der Waals surface area contributed by atoms with Crippen LogP contribution in [0.2, 0.25) is 0 Å². The maximum atomic E-state index is 5.33. The van der Waals surface area contributed by atoms with E-state index in [0.29, 0.717) is 6.01 Å². The lowest BCUT2D eigenvalue weighted by molar-refractivity contribution is 0.576. The van der Waals surface area contributed by atoms with E-state index in [-0.39, 0.29) is 0 Å². The number of anilines is 1. The van der Waals surface area contributed by atoms with Crippen molar-refractivity contribution < 1.29 is 4.42 Å². The van der Waals surface area contributed by atoms with E-state index in [4.69, 9.17) is 4.42 Å². The molecule has 88 valence electrons. The third-order valence-corrected chi connectivity index (χ3v) is 3.13. The van der Waals surface area contributed by atoms with E-state index >= 15 is 0 Å². The van der Waals surface area contributed by atoms with Crippen molar-refractivity contribution in [3.05, 3.63) is 42.7 Å². The molecule has 0 amide bonds. The minimum atomic E-state index is 0.537. The van der Waals surface area contributed by atoms with Gasteiger partial charge in [0, 0.05) is 12.6 Å². The fraction of sp³-hybridized carbons (Fsp3) is 0.0714. The van der Waals surface area contributed by atoms with Crippen LogP contribution in [0.4, 0.5) is 6.01 Å². The van der Waals surface area contributed by atoms with E-state index in [9.17, 15) is 0 Å². The van der Waals surface area contributed by atoms with Crippen molar-refractivity contribution in [3.63, 3.8) is 0 Å². The van der Waals surface area contributed by atoms with Gasteiger partial charge in [0.05, 0.1) is 0 Å². The van der Waals surface area contributed by atoms with E-state index < -0.39 is 0 Å². The zero-order valence-corrected chi connectivity index (χ0v) is 10.4. The number of hydrogen-bond acceptors (Lipinski definition) is 3. The van der Waals surface area contributed by atoms with E-state index in [0.717, 1.165) is 11.3 Å². The van der Waals surface area contributed by atoms with Gasteiger partial charge in [-0.2, -0.15) is 4.98 Å². The summed E-state index contributed by atoms with van der Waals surface area (Å²) in [7, 11) is 3.91. The second-order valence-electron chi connectivity index (χ2n) is 4.26. The lowest BCUT2D eigenvalue weighted by Crippen LogP contribution is -2.02. The highest BCUT2D eigenvalue weighted by molar-refractivity contribution is 6.39. The monoisotopic (exact) mass is 236 g/mol. The first-order valence-electron chi connectivity index (χ1n) is 5.91. The molecule has 0 atom stereocenters. The van der Waals surface area contributed by atoms with E-state index in [1.54, 1.807) is 13.3 Å². The highest BCUT2D eigenvalue weighted by Crippen LogP contribution is 2.27. The minimum absolute atomic E-state index is 0.537. The summed E-state index contributed by atoms with van der Waals surface area (Å²) < 4.78 is 5.33. The van der Waals surface area contributed by atoms with Crippen LogP contribution in [0.3, 0.4) is 0 Å². The molecule has 0 aliphatic carbocycles. The molecule has 0 aliphatic heterocycles. The Hall–Kier alpha value is -2.23. The van der Waals surface area contributed by atoms with Crippen molar-refractivity contribution in [2.24, 2.45) is 0 Å². The maximum Gasteiger partial charge on any atom is 0.294 e. The second-order valence-corrected chi connectivity index (χ2v) is 4.26. The number of nitrogens with zero attached hydrogens (tertiary/aromatic N) is 1. The van der Waals surface area contributed by atoms with E-state index in [2.05, 4.69) is 54.5 Å². The molecule has 2 aromatic carbocycles. The summed E-state index contributed by atoms with van der Waals surface area (Å²) in [5, 5.41) is 5.35. The van der Waals surface area contributed by atoms with Crippen LogP contribution in [0.5, 0.6) is 0 Å². The first-order chi connectivity index (χ1) is 8.79. The van der Waals surface area contributed by atoms with Gasteiger partial charge in [-0.25, -0.2) is 0 Å². The second kappa shape index (κ2) is 4.22. The number of rotatable bonds is 2. The molecule has 0 bridgehead atoms. The molecule has 0 fully saturated rings. The normalized spacial score (nSPS) is 10.7. The Morgan fingerprint density at radius 1 is 1.11 bits per heavy atom. The van der Waals surface area contributed by atoms with Gasteiger partial charge in [0.25, 0.3) is 6.01 Å². The van der Waals surface area contributed by atoms with Gasteiger partial charge >= 0.3 is 0 Å². The van der Waals surface area contributed by atoms with Crippen LogP contribution in [0, 0.1) is 0 Å².